The molecule has 1 heterocycles. The van der Waals surface area contributed by atoms with E-state index < -0.39 is 0 Å². The lowest BCUT2D eigenvalue weighted by Gasteiger charge is -2.12. The molecule has 6 nitrogen and oxygen atoms in total. The molecular weight excluding hydrogens is 442 g/mol. The Hall–Kier alpha value is -3.42. The maximum Gasteiger partial charge on any atom is 0.244 e. The number of aryl methyl sites for hydroxylation is 1. The van der Waals surface area contributed by atoms with Gasteiger partial charge in [0.05, 0.1) is 10.7 Å². The summed E-state index contributed by atoms with van der Waals surface area (Å²) in [6.45, 7) is 2.71. The molecule has 0 aliphatic carbocycles. The third-order valence-corrected chi connectivity index (χ3v) is 5.57. The normalized spacial score (nSPS) is 10.7. The predicted octanol–water partition coefficient (Wildman–Crippen LogP) is 5.82. The Morgan fingerprint density at radius 1 is 1.09 bits per heavy atom. The van der Waals surface area contributed by atoms with E-state index in [2.05, 4.69) is 20.8 Å². The minimum atomic E-state index is -0.225. The first kappa shape index (κ1) is 21.8. The number of aromatic nitrogens is 3. The third-order valence-electron chi connectivity index (χ3n) is 4.95. The molecule has 0 unspecified atom stereocenters. The van der Waals surface area contributed by atoms with Crippen LogP contribution in [0.5, 0.6) is 0 Å². The summed E-state index contributed by atoms with van der Waals surface area (Å²) in [6.07, 6.45) is 0. The van der Waals surface area contributed by atoms with Crippen LogP contribution in [0.4, 0.5) is 11.4 Å². The van der Waals surface area contributed by atoms with Crippen LogP contribution in [-0.4, -0.2) is 20.7 Å². The second-order valence-electron chi connectivity index (χ2n) is 7.39. The first-order valence-corrected chi connectivity index (χ1v) is 10.9. The first-order valence-electron chi connectivity index (χ1n) is 10.1. The van der Waals surface area contributed by atoms with Gasteiger partial charge in [-0.3, -0.25) is 14.5 Å². The SMILES string of the molecule is Cc1ccc(-c2n[nH]c(=S)n2CC(=O)Nc2ccc(NCc3ccccc3)c(Cl)c2)cc1. The Kier molecular flexibility index (Phi) is 6.68. The van der Waals surface area contributed by atoms with Crippen LogP contribution in [0.3, 0.4) is 0 Å². The van der Waals surface area contributed by atoms with Crippen LogP contribution in [-0.2, 0) is 17.9 Å². The molecule has 0 fully saturated rings. The molecule has 1 aromatic heterocycles. The second-order valence-corrected chi connectivity index (χ2v) is 8.18. The van der Waals surface area contributed by atoms with Crippen molar-refractivity contribution in [2.75, 3.05) is 10.6 Å². The highest BCUT2D eigenvalue weighted by Gasteiger charge is 2.13. The quantitative estimate of drug-likeness (QED) is 0.302. The van der Waals surface area contributed by atoms with Crippen LogP contribution in [0.15, 0.2) is 72.8 Å². The van der Waals surface area contributed by atoms with Crippen molar-refractivity contribution < 1.29 is 4.79 Å². The number of nitrogens with one attached hydrogen (secondary N) is 3. The monoisotopic (exact) mass is 463 g/mol. The molecule has 32 heavy (non-hydrogen) atoms. The maximum absolute atomic E-state index is 12.7. The Morgan fingerprint density at radius 2 is 1.84 bits per heavy atom. The largest absolute Gasteiger partial charge is 0.380 e. The Bertz CT molecular complexity index is 1280. The van der Waals surface area contributed by atoms with E-state index in [1.54, 1.807) is 10.6 Å². The number of aromatic amines is 1. The number of hydrogen-bond acceptors (Lipinski definition) is 4. The second kappa shape index (κ2) is 9.80. The number of hydrogen-bond donors (Lipinski definition) is 3. The minimum Gasteiger partial charge on any atom is -0.380 e. The molecule has 1 amide bonds. The molecule has 4 rings (SSSR count). The summed E-state index contributed by atoms with van der Waals surface area (Å²) in [5.41, 5.74) is 4.59. The number of anilines is 2. The predicted molar refractivity (Wildman–Crippen MR) is 131 cm³/mol. The van der Waals surface area contributed by atoms with Gasteiger partial charge in [-0.05, 0) is 42.9 Å². The van der Waals surface area contributed by atoms with Gasteiger partial charge in [0, 0.05) is 17.8 Å². The summed E-state index contributed by atoms with van der Waals surface area (Å²) in [5, 5.41) is 13.8. The standard InChI is InChI=1S/C24H22ClN5OS/c1-16-7-9-18(10-8-16)23-28-29-24(32)30(23)15-22(31)27-19-11-12-21(20(25)13-19)26-14-17-5-3-2-4-6-17/h2-13,26H,14-15H2,1H3,(H,27,31)(H,29,32). The van der Waals surface area contributed by atoms with E-state index in [1.165, 1.54) is 0 Å². The van der Waals surface area contributed by atoms with Gasteiger partial charge in [-0.15, -0.1) is 0 Å². The average molecular weight is 464 g/mol. The van der Waals surface area contributed by atoms with Crippen molar-refractivity contribution in [1.29, 1.82) is 0 Å². The lowest BCUT2D eigenvalue weighted by molar-refractivity contribution is -0.116. The van der Waals surface area contributed by atoms with Crippen LogP contribution in [0, 0.1) is 11.7 Å². The van der Waals surface area contributed by atoms with E-state index in [4.69, 9.17) is 23.8 Å². The van der Waals surface area contributed by atoms with Crippen molar-refractivity contribution >= 4 is 41.1 Å². The zero-order chi connectivity index (χ0) is 22.5. The molecule has 0 bridgehead atoms. The van der Waals surface area contributed by atoms with Gasteiger partial charge in [0.25, 0.3) is 0 Å². The molecule has 4 aromatic rings. The van der Waals surface area contributed by atoms with Gasteiger partial charge >= 0.3 is 0 Å². The average Bonchev–Trinajstić information content (AvgIpc) is 3.14. The fourth-order valence-electron chi connectivity index (χ4n) is 3.26. The van der Waals surface area contributed by atoms with E-state index in [0.29, 0.717) is 27.9 Å². The van der Waals surface area contributed by atoms with Crippen molar-refractivity contribution in [2.45, 2.75) is 20.0 Å². The van der Waals surface area contributed by atoms with Crippen LogP contribution >= 0.6 is 23.8 Å². The molecule has 162 valence electrons. The Morgan fingerprint density at radius 3 is 2.56 bits per heavy atom. The lowest BCUT2D eigenvalue weighted by Crippen LogP contribution is -2.19. The molecule has 0 aliphatic rings. The van der Waals surface area contributed by atoms with Gasteiger partial charge in [-0.2, -0.15) is 5.10 Å². The van der Waals surface area contributed by atoms with E-state index in [9.17, 15) is 4.79 Å². The number of nitrogens with zero attached hydrogens (tertiary/aromatic N) is 2. The number of carbonyl (C=O) groups is 1. The molecule has 0 saturated carbocycles. The first-order chi connectivity index (χ1) is 15.5. The van der Waals surface area contributed by atoms with Gasteiger partial charge < -0.3 is 10.6 Å². The number of benzene rings is 3. The van der Waals surface area contributed by atoms with Crippen LogP contribution in [0.1, 0.15) is 11.1 Å². The molecule has 0 radical (unpaired) electrons. The number of carbonyl (C=O) groups excluding carboxylic acids is 1. The van der Waals surface area contributed by atoms with Gasteiger partial charge in [0.2, 0.25) is 5.91 Å². The van der Waals surface area contributed by atoms with Crippen molar-refractivity contribution in [3.63, 3.8) is 0 Å². The molecule has 0 spiro atoms. The summed E-state index contributed by atoms with van der Waals surface area (Å²) in [4.78, 5) is 12.7. The minimum absolute atomic E-state index is 0.0319. The zero-order valence-electron chi connectivity index (χ0n) is 17.4. The maximum atomic E-state index is 12.7. The van der Waals surface area contributed by atoms with Crippen molar-refractivity contribution in [3.8, 4) is 11.4 Å². The summed E-state index contributed by atoms with van der Waals surface area (Å²) < 4.78 is 2.06. The number of H-pyrrole nitrogens is 1. The number of amides is 1. The van der Waals surface area contributed by atoms with E-state index in [-0.39, 0.29) is 12.5 Å². The Balaban J connectivity index is 1.42. The summed E-state index contributed by atoms with van der Waals surface area (Å²) in [7, 11) is 0. The van der Waals surface area contributed by atoms with Gasteiger partial charge in [-0.1, -0.05) is 71.8 Å². The summed E-state index contributed by atoms with van der Waals surface area (Å²) >= 11 is 11.7. The third kappa shape index (κ3) is 5.25. The van der Waals surface area contributed by atoms with E-state index in [0.717, 1.165) is 22.4 Å². The molecule has 0 atom stereocenters. The fraction of sp³-hybridized carbons (Fsp3) is 0.125. The Labute approximate surface area is 196 Å². The van der Waals surface area contributed by atoms with Crippen molar-refractivity contribution in [3.05, 3.63) is 93.7 Å². The number of halogens is 1. The van der Waals surface area contributed by atoms with Crippen LogP contribution in [0.25, 0.3) is 11.4 Å². The van der Waals surface area contributed by atoms with Gasteiger partial charge in [-0.25, -0.2) is 0 Å². The molecule has 3 N–H and O–H groups in total. The van der Waals surface area contributed by atoms with E-state index >= 15 is 0 Å². The molecular formula is C24H22ClN5OS. The fourth-order valence-corrected chi connectivity index (χ4v) is 3.70. The smallest absolute Gasteiger partial charge is 0.244 e. The van der Waals surface area contributed by atoms with Crippen molar-refractivity contribution in [2.24, 2.45) is 0 Å². The molecule has 3 aromatic carbocycles. The molecule has 0 saturated heterocycles. The summed E-state index contributed by atoms with van der Waals surface area (Å²) in [5.74, 6) is 0.389. The van der Waals surface area contributed by atoms with Crippen molar-refractivity contribution in [1.82, 2.24) is 14.8 Å². The topological polar surface area (TPSA) is 74.7 Å². The lowest BCUT2D eigenvalue weighted by atomic mass is 10.1. The van der Waals surface area contributed by atoms with Gasteiger partial charge in [0.1, 0.15) is 6.54 Å². The number of rotatable bonds is 7. The van der Waals surface area contributed by atoms with Crippen LogP contribution in [0.2, 0.25) is 5.02 Å². The van der Waals surface area contributed by atoms with E-state index in [1.807, 2.05) is 73.7 Å². The molecule has 0 aliphatic heterocycles. The highest BCUT2D eigenvalue weighted by Crippen LogP contribution is 2.26. The summed E-state index contributed by atoms with van der Waals surface area (Å²) in [6, 6.07) is 23.3. The van der Waals surface area contributed by atoms with Gasteiger partial charge in [0.15, 0.2) is 10.6 Å². The highest BCUT2D eigenvalue weighted by atomic mass is 35.5. The molecule has 8 heteroatoms. The zero-order valence-corrected chi connectivity index (χ0v) is 19.0. The van der Waals surface area contributed by atoms with Crippen LogP contribution < -0.4 is 10.6 Å². The highest BCUT2D eigenvalue weighted by molar-refractivity contribution is 7.71.